The lowest BCUT2D eigenvalue weighted by atomic mass is 9.91. The highest BCUT2D eigenvalue weighted by Gasteiger charge is 2.19. The van der Waals surface area contributed by atoms with Crippen molar-refractivity contribution in [1.29, 1.82) is 0 Å². The highest BCUT2D eigenvalue weighted by molar-refractivity contribution is 5.96. The molecule has 5 heteroatoms. The Bertz CT molecular complexity index is 2060. The number of phenols is 1. The normalized spacial score (nSPS) is 11.1. The van der Waals surface area contributed by atoms with Gasteiger partial charge >= 0.3 is 0 Å². The third-order valence-corrected chi connectivity index (χ3v) is 8.35. The standard InChI is InChI=1S/C41H31FO4/c1-44-33-17-12-28(13-18-33)35-23-31(24-36(41(35)43)29-14-19-34(45-2)20-15-29)27-8-10-30(11-9-27)40-37-25-32(42)16-21-38(37)46-39(40)22-26-6-4-3-5-7-26/h3-21,23-25,43H,22H2,1-2H3. The van der Waals surface area contributed by atoms with Gasteiger partial charge in [-0.3, -0.25) is 0 Å². The maximum absolute atomic E-state index is 14.5. The maximum atomic E-state index is 14.5. The van der Waals surface area contributed by atoms with Gasteiger partial charge in [0.1, 0.15) is 34.4 Å². The third-order valence-electron chi connectivity index (χ3n) is 8.35. The van der Waals surface area contributed by atoms with E-state index in [1.807, 2.05) is 91.0 Å². The van der Waals surface area contributed by atoms with Gasteiger partial charge in [-0.25, -0.2) is 4.39 Å². The van der Waals surface area contributed by atoms with E-state index in [1.54, 1.807) is 26.4 Å². The second-order valence-electron chi connectivity index (χ2n) is 11.2. The molecule has 0 aliphatic heterocycles. The zero-order chi connectivity index (χ0) is 31.6. The molecule has 1 heterocycles. The topological polar surface area (TPSA) is 51.8 Å². The summed E-state index contributed by atoms with van der Waals surface area (Å²) in [6.07, 6.45) is 0.586. The van der Waals surface area contributed by atoms with Crippen molar-refractivity contribution in [2.24, 2.45) is 0 Å². The van der Waals surface area contributed by atoms with E-state index in [-0.39, 0.29) is 11.6 Å². The molecule has 0 aliphatic carbocycles. The summed E-state index contributed by atoms with van der Waals surface area (Å²) in [5.41, 5.74) is 8.63. The number of rotatable bonds is 8. The zero-order valence-electron chi connectivity index (χ0n) is 25.5. The first-order valence-corrected chi connectivity index (χ1v) is 15.0. The number of benzene rings is 6. The molecule has 0 aliphatic rings. The van der Waals surface area contributed by atoms with Crippen molar-refractivity contribution in [2.75, 3.05) is 14.2 Å². The summed E-state index contributed by atoms with van der Waals surface area (Å²) >= 11 is 0. The lowest BCUT2D eigenvalue weighted by Gasteiger charge is -2.15. The minimum Gasteiger partial charge on any atom is -0.507 e. The molecule has 46 heavy (non-hydrogen) atoms. The van der Waals surface area contributed by atoms with Crippen LogP contribution >= 0.6 is 0 Å². The molecule has 0 spiro atoms. The van der Waals surface area contributed by atoms with Crippen LogP contribution in [-0.2, 0) is 6.42 Å². The molecule has 6 aromatic carbocycles. The predicted molar refractivity (Wildman–Crippen MR) is 182 cm³/mol. The zero-order valence-corrected chi connectivity index (χ0v) is 25.5. The molecule has 0 atom stereocenters. The van der Waals surface area contributed by atoms with E-state index in [9.17, 15) is 9.50 Å². The Labute approximate surface area is 266 Å². The molecule has 0 fully saturated rings. The smallest absolute Gasteiger partial charge is 0.135 e. The highest BCUT2D eigenvalue weighted by atomic mass is 19.1. The average molecular weight is 607 g/mol. The summed E-state index contributed by atoms with van der Waals surface area (Å²) < 4.78 is 31.5. The summed E-state index contributed by atoms with van der Waals surface area (Å²) in [6.45, 7) is 0. The van der Waals surface area contributed by atoms with Gasteiger partial charge in [0.2, 0.25) is 0 Å². The van der Waals surface area contributed by atoms with Crippen LogP contribution in [0.2, 0.25) is 0 Å². The number of hydrogen-bond donors (Lipinski definition) is 1. The molecule has 4 nitrogen and oxygen atoms in total. The molecule has 0 amide bonds. The summed E-state index contributed by atoms with van der Waals surface area (Å²) in [5, 5.41) is 12.3. The number of halogens is 1. The Kier molecular flexibility index (Phi) is 7.73. The number of hydrogen-bond acceptors (Lipinski definition) is 4. The minimum atomic E-state index is -0.307. The van der Waals surface area contributed by atoms with Crippen molar-refractivity contribution in [3.8, 4) is 61.8 Å². The molecule has 1 aromatic heterocycles. The molecular formula is C41H31FO4. The average Bonchev–Trinajstić information content (AvgIpc) is 3.45. The monoisotopic (exact) mass is 606 g/mol. The van der Waals surface area contributed by atoms with E-state index in [4.69, 9.17) is 13.9 Å². The first-order valence-electron chi connectivity index (χ1n) is 15.0. The van der Waals surface area contributed by atoms with Gasteiger partial charge in [-0.05, 0) is 88.0 Å². The highest BCUT2D eigenvalue weighted by Crippen LogP contribution is 2.43. The molecule has 7 rings (SSSR count). The molecule has 0 radical (unpaired) electrons. The van der Waals surface area contributed by atoms with Crippen LogP contribution in [-0.4, -0.2) is 19.3 Å². The number of furan rings is 1. The van der Waals surface area contributed by atoms with E-state index in [1.165, 1.54) is 6.07 Å². The van der Waals surface area contributed by atoms with Gasteiger partial charge in [-0.2, -0.15) is 0 Å². The molecule has 226 valence electrons. The van der Waals surface area contributed by atoms with E-state index < -0.39 is 0 Å². The van der Waals surface area contributed by atoms with Crippen molar-refractivity contribution in [3.63, 3.8) is 0 Å². The fourth-order valence-electron chi connectivity index (χ4n) is 5.95. The van der Waals surface area contributed by atoms with Crippen LogP contribution in [0.4, 0.5) is 4.39 Å². The maximum Gasteiger partial charge on any atom is 0.135 e. The SMILES string of the molecule is COc1ccc(-c2cc(-c3ccc(-c4c(Cc5ccccc5)oc5ccc(F)cc45)cc3)cc(-c3ccc(OC)cc3)c2O)cc1. The van der Waals surface area contributed by atoms with Crippen molar-refractivity contribution in [3.05, 3.63) is 151 Å². The Balaban J connectivity index is 1.34. The number of phenolic OH excluding ortho intramolecular Hbond substituents is 1. The van der Waals surface area contributed by atoms with Crippen LogP contribution in [0.15, 0.2) is 138 Å². The quantitative estimate of drug-likeness (QED) is 0.187. The minimum absolute atomic E-state index is 0.188. The largest absolute Gasteiger partial charge is 0.507 e. The fraction of sp³-hybridized carbons (Fsp3) is 0.0732. The van der Waals surface area contributed by atoms with Gasteiger partial charge in [0, 0.05) is 28.5 Å². The molecule has 0 unspecified atom stereocenters. The number of fused-ring (bicyclic) bond motifs is 1. The van der Waals surface area contributed by atoms with E-state index in [0.29, 0.717) is 23.1 Å². The second kappa shape index (κ2) is 12.3. The van der Waals surface area contributed by atoms with E-state index in [2.05, 4.69) is 24.3 Å². The predicted octanol–water partition coefficient (Wildman–Crippen LogP) is 10.6. The molecule has 1 N–H and O–H groups in total. The van der Waals surface area contributed by atoms with Gasteiger partial charge in [-0.15, -0.1) is 0 Å². The summed E-state index contributed by atoms with van der Waals surface area (Å²) in [6, 6.07) is 42.3. The van der Waals surface area contributed by atoms with Crippen molar-refractivity contribution in [2.45, 2.75) is 6.42 Å². The first kappa shape index (κ1) is 28.9. The van der Waals surface area contributed by atoms with Gasteiger partial charge in [0.25, 0.3) is 0 Å². The Morgan fingerprint density at radius 2 is 1.13 bits per heavy atom. The van der Waals surface area contributed by atoms with Crippen molar-refractivity contribution >= 4 is 11.0 Å². The van der Waals surface area contributed by atoms with Gasteiger partial charge in [0.05, 0.1) is 14.2 Å². The molecule has 0 saturated heterocycles. The van der Waals surface area contributed by atoms with Crippen molar-refractivity contribution in [1.82, 2.24) is 0 Å². The first-order chi connectivity index (χ1) is 22.5. The van der Waals surface area contributed by atoms with E-state index >= 15 is 0 Å². The van der Waals surface area contributed by atoms with E-state index in [0.717, 1.165) is 61.6 Å². The summed E-state index contributed by atoms with van der Waals surface area (Å²) in [4.78, 5) is 0. The Hall–Kier alpha value is -5.81. The Morgan fingerprint density at radius 3 is 1.70 bits per heavy atom. The number of aromatic hydroxyl groups is 1. The molecule has 7 aromatic rings. The van der Waals surface area contributed by atoms with Gasteiger partial charge in [-0.1, -0.05) is 78.9 Å². The molecule has 0 bridgehead atoms. The van der Waals surface area contributed by atoms with Crippen LogP contribution in [0.5, 0.6) is 17.2 Å². The van der Waals surface area contributed by atoms with Crippen molar-refractivity contribution < 1.29 is 23.4 Å². The van der Waals surface area contributed by atoms with Crippen LogP contribution in [0.1, 0.15) is 11.3 Å². The van der Waals surface area contributed by atoms with Crippen LogP contribution < -0.4 is 9.47 Å². The number of methoxy groups -OCH3 is 2. The van der Waals surface area contributed by atoms with Crippen LogP contribution in [0.25, 0.3) is 55.5 Å². The molecular weight excluding hydrogens is 575 g/mol. The summed E-state index contributed by atoms with van der Waals surface area (Å²) in [5.74, 6) is 2.15. The molecule has 0 saturated carbocycles. The lowest BCUT2D eigenvalue weighted by molar-refractivity contribution is 0.415. The van der Waals surface area contributed by atoms with Crippen LogP contribution in [0.3, 0.4) is 0 Å². The summed E-state index contributed by atoms with van der Waals surface area (Å²) in [7, 11) is 3.26. The lowest BCUT2D eigenvalue weighted by Crippen LogP contribution is -1.91. The van der Waals surface area contributed by atoms with Crippen LogP contribution in [0, 0.1) is 5.82 Å². The second-order valence-corrected chi connectivity index (χ2v) is 11.2. The van der Waals surface area contributed by atoms with Gasteiger partial charge in [0.15, 0.2) is 0 Å². The Morgan fingerprint density at radius 1 is 0.587 bits per heavy atom. The number of ether oxygens (including phenoxy) is 2. The third kappa shape index (κ3) is 5.59. The van der Waals surface area contributed by atoms with Gasteiger partial charge < -0.3 is 19.0 Å². The fourth-order valence-corrected chi connectivity index (χ4v) is 5.95.